The van der Waals surface area contributed by atoms with Gasteiger partial charge in [-0.3, -0.25) is 0 Å². The molecule has 2 aromatic carbocycles. The zero-order chi connectivity index (χ0) is 14.5. The number of hydrogen-bond acceptors (Lipinski definition) is 3. The summed E-state index contributed by atoms with van der Waals surface area (Å²) in [5.74, 6) is -0.559. The third-order valence-electron chi connectivity index (χ3n) is 2.84. The molecular weight excluding hydrogens is 279 g/mol. The van der Waals surface area contributed by atoms with Gasteiger partial charge in [0.15, 0.2) is 0 Å². The molecule has 102 valence electrons. The summed E-state index contributed by atoms with van der Waals surface area (Å²) in [4.78, 5) is 0. The maximum atomic E-state index is 13.2. The maximum Gasteiger partial charge on any atom is 0.141 e. The Morgan fingerprint density at radius 2 is 1.95 bits per heavy atom. The molecule has 0 bridgehead atoms. The van der Waals surface area contributed by atoms with E-state index in [1.165, 1.54) is 18.2 Å². The molecule has 2 aromatic rings. The highest BCUT2D eigenvalue weighted by molar-refractivity contribution is 6.30. The van der Waals surface area contributed by atoms with E-state index in [0.717, 1.165) is 5.56 Å². The second-order valence-electron chi connectivity index (χ2n) is 4.25. The van der Waals surface area contributed by atoms with Gasteiger partial charge in [-0.2, -0.15) is 5.26 Å². The largest absolute Gasteiger partial charge is 0.387 e. The molecule has 0 radical (unpaired) electrons. The van der Waals surface area contributed by atoms with Gasteiger partial charge in [0.05, 0.1) is 11.7 Å². The molecule has 3 nitrogen and oxygen atoms in total. The Labute approximate surface area is 121 Å². The van der Waals surface area contributed by atoms with Crippen LogP contribution in [0.3, 0.4) is 0 Å². The molecule has 0 heterocycles. The first-order valence-electron chi connectivity index (χ1n) is 5.97. The smallest absolute Gasteiger partial charge is 0.141 e. The molecule has 2 N–H and O–H groups in total. The highest BCUT2D eigenvalue weighted by Crippen LogP contribution is 2.18. The molecule has 0 aromatic heterocycles. The van der Waals surface area contributed by atoms with Crippen molar-refractivity contribution in [2.24, 2.45) is 0 Å². The van der Waals surface area contributed by atoms with Crippen LogP contribution in [0.2, 0.25) is 5.02 Å². The van der Waals surface area contributed by atoms with E-state index in [1.54, 1.807) is 30.3 Å². The summed E-state index contributed by atoms with van der Waals surface area (Å²) in [6, 6.07) is 12.8. The number of anilines is 1. The molecule has 2 rings (SSSR count). The molecule has 0 aliphatic heterocycles. The van der Waals surface area contributed by atoms with Crippen LogP contribution >= 0.6 is 11.6 Å². The van der Waals surface area contributed by atoms with Crippen LogP contribution in [0.4, 0.5) is 10.1 Å². The fraction of sp³-hybridized carbons (Fsp3) is 0.133. The van der Waals surface area contributed by atoms with E-state index < -0.39 is 11.9 Å². The molecule has 0 saturated carbocycles. The van der Waals surface area contributed by atoms with Crippen molar-refractivity contribution >= 4 is 17.3 Å². The molecule has 0 aliphatic carbocycles. The number of nitrogens with one attached hydrogen (secondary N) is 1. The van der Waals surface area contributed by atoms with Gasteiger partial charge in [-0.1, -0.05) is 23.7 Å². The van der Waals surface area contributed by atoms with Gasteiger partial charge in [0.1, 0.15) is 11.9 Å². The van der Waals surface area contributed by atoms with Gasteiger partial charge in [0, 0.05) is 17.3 Å². The number of nitrogens with zero attached hydrogens (tertiary/aromatic N) is 1. The summed E-state index contributed by atoms with van der Waals surface area (Å²) in [6.45, 7) is 0.248. The first kappa shape index (κ1) is 14.3. The Morgan fingerprint density at radius 3 is 2.60 bits per heavy atom. The molecule has 5 heteroatoms. The van der Waals surface area contributed by atoms with Gasteiger partial charge >= 0.3 is 0 Å². The standard InChI is InChI=1S/C15H12ClFN2O/c16-12-3-1-10(2-4-12)15(20)9-19-13-5-6-14(17)11(7-13)8-18/h1-7,15,19-20H,9H2. The van der Waals surface area contributed by atoms with Gasteiger partial charge < -0.3 is 10.4 Å². The summed E-state index contributed by atoms with van der Waals surface area (Å²) in [5, 5.41) is 22.3. The number of benzene rings is 2. The van der Waals surface area contributed by atoms with Crippen LogP contribution in [0.1, 0.15) is 17.2 Å². The zero-order valence-electron chi connectivity index (χ0n) is 10.5. The lowest BCUT2D eigenvalue weighted by Gasteiger charge is -2.13. The maximum absolute atomic E-state index is 13.2. The Morgan fingerprint density at radius 1 is 1.25 bits per heavy atom. The summed E-state index contributed by atoms with van der Waals surface area (Å²) >= 11 is 5.77. The van der Waals surface area contributed by atoms with E-state index in [1.807, 2.05) is 0 Å². The van der Waals surface area contributed by atoms with Crippen molar-refractivity contribution in [1.82, 2.24) is 0 Å². The zero-order valence-corrected chi connectivity index (χ0v) is 11.2. The van der Waals surface area contributed by atoms with Crippen LogP contribution in [0, 0.1) is 17.1 Å². The Balaban J connectivity index is 2.01. The minimum Gasteiger partial charge on any atom is -0.387 e. The average molecular weight is 291 g/mol. The van der Waals surface area contributed by atoms with Gasteiger partial charge in [0.2, 0.25) is 0 Å². The Kier molecular flexibility index (Phi) is 4.57. The minimum absolute atomic E-state index is 0.0315. The molecule has 1 unspecified atom stereocenters. The highest BCUT2D eigenvalue weighted by atomic mass is 35.5. The lowest BCUT2D eigenvalue weighted by molar-refractivity contribution is 0.191. The van der Waals surface area contributed by atoms with E-state index in [4.69, 9.17) is 16.9 Å². The number of halogens is 2. The van der Waals surface area contributed by atoms with Crippen LogP contribution in [0.25, 0.3) is 0 Å². The van der Waals surface area contributed by atoms with E-state index in [9.17, 15) is 9.50 Å². The molecule has 0 amide bonds. The van der Waals surface area contributed by atoms with Crippen LogP contribution in [-0.2, 0) is 0 Å². The molecular formula is C15H12ClFN2O. The molecule has 20 heavy (non-hydrogen) atoms. The van der Waals surface area contributed by atoms with E-state index >= 15 is 0 Å². The second-order valence-corrected chi connectivity index (χ2v) is 4.69. The number of aliphatic hydroxyl groups is 1. The van der Waals surface area contributed by atoms with Crippen LogP contribution in [-0.4, -0.2) is 11.7 Å². The normalized spacial score (nSPS) is 11.7. The summed E-state index contributed by atoms with van der Waals surface area (Å²) in [6.07, 6.45) is -0.720. The molecule has 0 aliphatic rings. The monoisotopic (exact) mass is 290 g/mol. The van der Waals surface area contributed by atoms with Crippen LogP contribution in [0.15, 0.2) is 42.5 Å². The minimum atomic E-state index is -0.720. The van der Waals surface area contributed by atoms with Crippen molar-refractivity contribution in [3.63, 3.8) is 0 Å². The summed E-state index contributed by atoms with van der Waals surface area (Å²) in [5.41, 5.74) is 1.27. The Bertz CT molecular complexity index is 637. The van der Waals surface area contributed by atoms with Crippen molar-refractivity contribution in [2.45, 2.75) is 6.10 Å². The first-order chi connectivity index (χ1) is 9.60. The third-order valence-corrected chi connectivity index (χ3v) is 3.09. The number of nitriles is 1. The van der Waals surface area contributed by atoms with E-state index in [0.29, 0.717) is 10.7 Å². The highest BCUT2D eigenvalue weighted by Gasteiger charge is 2.08. The Hall–Kier alpha value is -2.09. The van der Waals surface area contributed by atoms with Gasteiger partial charge in [-0.25, -0.2) is 4.39 Å². The fourth-order valence-electron chi connectivity index (χ4n) is 1.74. The number of hydrogen-bond donors (Lipinski definition) is 2. The molecule has 1 atom stereocenters. The van der Waals surface area contributed by atoms with Gasteiger partial charge in [-0.05, 0) is 35.9 Å². The summed E-state index contributed by atoms with van der Waals surface area (Å²) in [7, 11) is 0. The summed E-state index contributed by atoms with van der Waals surface area (Å²) < 4.78 is 13.2. The quantitative estimate of drug-likeness (QED) is 0.906. The predicted octanol–water partition coefficient (Wildman–Crippen LogP) is 3.50. The number of aliphatic hydroxyl groups excluding tert-OH is 1. The van der Waals surface area contributed by atoms with Crippen molar-refractivity contribution in [3.05, 3.63) is 64.4 Å². The lowest BCUT2D eigenvalue weighted by atomic mass is 10.1. The van der Waals surface area contributed by atoms with Crippen molar-refractivity contribution in [1.29, 1.82) is 5.26 Å². The van der Waals surface area contributed by atoms with Crippen molar-refractivity contribution < 1.29 is 9.50 Å². The topological polar surface area (TPSA) is 56.0 Å². The molecule has 0 spiro atoms. The predicted molar refractivity (Wildman–Crippen MR) is 76.0 cm³/mol. The van der Waals surface area contributed by atoms with Crippen LogP contribution < -0.4 is 5.32 Å². The fourth-order valence-corrected chi connectivity index (χ4v) is 1.86. The van der Waals surface area contributed by atoms with E-state index in [2.05, 4.69) is 5.32 Å². The van der Waals surface area contributed by atoms with E-state index in [-0.39, 0.29) is 12.1 Å². The molecule has 0 fully saturated rings. The van der Waals surface area contributed by atoms with Crippen molar-refractivity contribution in [3.8, 4) is 6.07 Å². The average Bonchev–Trinajstić information content (AvgIpc) is 2.46. The van der Waals surface area contributed by atoms with Crippen LogP contribution in [0.5, 0.6) is 0 Å². The second kappa shape index (κ2) is 6.38. The third kappa shape index (κ3) is 3.47. The lowest BCUT2D eigenvalue weighted by Crippen LogP contribution is -2.12. The number of rotatable bonds is 4. The molecule has 0 saturated heterocycles. The SMILES string of the molecule is N#Cc1cc(NCC(O)c2ccc(Cl)cc2)ccc1F. The van der Waals surface area contributed by atoms with Gasteiger partial charge in [0.25, 0.3) is 0 Å². The van der Waals surface area contributed by atoms with Gasteiger partial charge in [-0.15, -0.1) is 0 Å². The van der Waals surface area contributed by atoms with Crippen molar-refractivity contribution in [2.75, 3.05) is 11.9 Å². The first-order valence-corrected chi connectivity index (χ1v) is 6.35.